The predicted octanol–water partition coefficient (Wildman–Crippen LogP) is 3.19. The Morgan fingerprint density at radius 2 is 1.96 bits per heavy atom. The van der Waals surface area contributed by atoms with Crippen LogP contribution >= 0.6 is 23.2 Å². The van der Waals surface area contributed by atoms with Crippen molar-refractivity contribution in [3.05, 3.63) is 58.3 Å². The summed E-state index contributed by atoms with van der Waals surface area (Å²) in [6.07, 6.45) is 2.96. The van der Waals surface area contributed by atoms with Crippen LogP contribution in [0.15, 0.2) is 42.6 Å². The summed E-state index contributed by atoms with van der Waals surface area (Å²) < 4.78 is 5.50. The minimum absolute atomic E-state index is 0.0233. The number of hydrogen-bond acceptors (Lipinski definition) is 4. The molecule has 2 aromatic rings. The van der Waals surface area contributed by atoms with Crippen molar-refractivity contribution < 1.29 is 14.3 Å². The molecule has 0 saturated carbocycles. The topological polar surface area (TPSA) is 71.5 Å². The minimum atomic E-state index is -0.193. The summed E-state index contributed by atoms with van der Waals surface area (Å²) in [7, 11) is 0. The molecule has 1 aromatic carbocycles. The second kappa shape index (κ2) is 9.06. The van der Waals surface area contributed by atoms with Crippen LogP contribution in [0.25, 0.3) is 0 Å². The van der Waals surface area contributed by atoms with Crippen molar-refractivity contribution in [1.29, 1.82) is 0 Å². The highest BCUT2D eigenvalue weighted by molar-refractivity contribution is 6.35. The molecule has 1 aromatic heterocycles. The number of amides is 2. The summed E-state index contributed by atoms with van der Waals surface area (Å²) in [6, 6.07) is 10.1. The summed E-state index contributed by atoms with van der Waals surface area (Å²) in [5, 5.41) is 3.84. The first-order chi connectivity index (χ1) is 13.0. The van der Waals surface area contributed by atoms with Crippen LogP contribution in [0.4, 0.5) is 0 Å². The van der Waals surface area contributed by atoms with E-state index in [2.05, 4.69) is 10.3 Å². The predicted molar refractivity (Wildman–Crippen MR) is 103 cm³/mol. The van der Waals surface area contributed by atoms with E-state index >= 15 is 0 Å². The third-order valence-electron chi connectivity index (χ3n) is 4.33. The first kappa shape index (κ1) is 19.5. The molecule has 0 radical (unpaired) electrons. The Balaban J connectivity index is 1.44. The molecule has 1 fully saturated rings. The zero-order valence-corrected chi connectivity index (χ0v) is 16.0. The second-order valence-electron chi connectivity index (χ2n) is 6.21. The van der Waals surface area contributed by atoms with E-state index in [1.54, 1.807) is 47.5 Å². The Bertz CT molecular complexity index is 809. The number of piperidine rings is 1. The number of hydrogen-bond donors (Lipinski definition) is 1. The van der Waals surface area contributed by atoms with Gasteiger partial charge in [-0.2, -0.15) is 0 Å². The van der Waals surface area contributed by atoms with Gasteiger partial charge in [-0.15, -0.1) is 0 Å². The van der Waals surface area contributed by atoms with E-state index in [4.69, 9.17) is 27.9 Å². The van der Waals surface area contributed by atoms with E-state index < -0.39 is 0 Å². The lowest BCUT2D eigenvalue weighted by atomic mass is 10.0. The summed E-state index contributed by atoms with van der Waals surface area (Å²) in [6.45, 7) is 1.03. The van der Waals surface area contributed by atoms with Gasteiger partial charge in [-0.05, 0) is 43.2 Å². The fourth-order valence-electron chi connectivity index (χ4n) is 2.85. The SMILES string of the molecule is O=C(NC1CCN(C(=O)COc2ccc(Cl)cc2Cl)CC1)c1ccccn1. The maximum Gasteiger partial charge on any atom is 0.270 e. The molecule has 142 valence electrons. The number of likely N-dealkylation sites (tertiary alicyclic amines) is 1. The highest BCUT2D eigenvalue weighted by Crippen LogP contribution is 2.27. The maximum atomic E-state index is 12.3. The number of aromatic nitrogens is 1. The van der Waals surface area contributed by atoms with Gasteiger partial charge in [0.2, 0.25) is 0 Å². The lowest BCUT2D eigenvalue weighted by Crippen LogP contribution is -2.47. The van der Waals surface area contributed by atoms with Crippen molar-refractivity contribution in [2.24, 2.45) is 0 Å². The molecule has 0 unspecified atom stereocenters. The van der Waals surface area contributed by atoms with Crippen LogP contribution in [0.3, 0.4) is 0 Å². The molecule has 2 amide bonds. The molecule has 27 heavy (non-hydrogen) atoms. The van der Waals surface area contributed by atoms with Crippen LogP contribution in [-0.4, -0.2) is 47.4 Å². The summed E-state index contributed by atoms with van der Waals surface area (Å²) in [5.74, 6) is 0.114. The molecule has 2 heterocycles. The maximum absolute atomic E-state index is 12.3. The summed E-state index contributed by atoms with van der Waals surface area (Å²) in [4.78, 5) is 30.3. The Kier molecular flexibility index (Phi) is 6.53. The van der Waals surface area contributed by atoms with Crippen molar-refractivity contribution in [3.63, 3.8) is 0 Å². The Morgan fingerprint density at radius 3 is 2.63 bits per heavy atom. The molecule has 3 rings (SSSR count). The molecule has 1 N–H and O–H groups in total. The highest BCUT2D eigenvalue weighted by atomic mass is 35.5. The average molecular weight is 408 g/mol. The second-order valence-corrected chi connectivity index (χ2v) is 7.05. The number of rotatable bonds is 5. The van der Waals surface area contributed by atoms with Gasteiger partial charge in [0.05, 0.1) is 5.02 Å². The zero-order chi connectivity index (χ0) is 19.2. The van der Waals surface area contributed by atoms with Gasteiger partial charge in [-0.1, -0.05) is 29.3 Å². The Hall–Kier alpha value is -2.31. The van der Waals surface area contributed by atoms with Crippen molar-refractivity contribution in [3.8, 4) is 5.75 Å². The largest absolute Gasteiger partial charge is 0.482 e. The lowest BCUT2D eigenvalue weighted by Gasteiger charge is -2.32. The van der Waals surface area contributed by atoms with Crippen LogP contribution in [0, 0.1) is 0 Å². The number of nitrogens with zero attached hydrogens (tertiary/aromatic N) is 2. The van der Waals surface area contributed by atoms with E-state index in [9.17, 15) is 9.59 Å². The van der Waals surface area contributed by atoms with Gasteiger partial charge in [0.15, 0.2) is 6.61 Å². The first-order valence-electron chi connectivity index (χ1n) is 8.60. The third-order valence-corrected chi connectivity index (χ3v) is 4.86. The van der Waals surface area contributed by atoms with Crippen molar-refractivity contribution in [1.82, 2.24) is 15.2 Å². The van der Waals surface area contributed by atoms with Gasteiger partial charge in [0, 0.05) is 30.4 Å². The van der Waals surface area contributed by atoms with Crippen LogP contribution in [0.1, 0.15) is 23.3 Å². The summed E-state index contributed by atoms with van der Waals surface area (Å²) in [5.41, 5.74) is 0.393. The number of ether oxygens (including phenoxy) is 1. The summed E-state index contributed by atoms with van der Waals surface area (Å²) >= 11 is 11.9. The fraction of sp³-hybridized carbons (Fsp3) is 0.316. The van der Waals surface area contributed by atoms with Gasteiger partial charge < -0.3 is 15.0 Å². The molecular formula is C19H19Cl2N3O3. The molecule has 0 atom stereocenters. The van der Waals surface area contributed by atoms with Crippen LogP contribution < -0.4 is 10.1 Å². The number of halogens is 2. The van der Waals surface area contributed by atoms with E-state index in [0.29, 0.717) is 47.4 Å². The Labute approximate surface area is 167 Å². The monoisotopic (exact) mass is 407 g/mol. The fourth-order valence-corrected chi connectivity index (χ4v) is 3.32. The molecule has 0 bridgehead atoms. The van der Waals surface area contributed by atoms with Gasteiger partial charge in [-0.25, -0.2) is 0 Å². The molecule has 6 nitrogen and oxygen atoms in total. The van der Waals surface area contributed by atoms with E-state index in [-0.39, 0.29) is 24.5 Å². The number of nitrogens with one attached hydrogen (secondary N) is 1. The van der Waals surface area contributed by atoms with Crippen LogP contribution in [-0.2, 0) is 4.79 Å². The minimum Gasteiger partial charge on any atom is -0.482 e. The normalized spacial score (nSPS) is 14.7. The van der Waals surface area contributed by atoms with E-state index in [0.717, 1.165) is 0 Å². The number of pyridine rings is 1. The van der Waals surface area contributed by atoms with Crippen LogP contribution in [0.2, 0.25) is 10.0 Å². The van der Waals surface area contributed by atoms with Gasteiger partial charge in [0.25, 0.3) is 11.8 Å². The van der Waals surface area contributed by atoms with E-state index in [1.807, 2.05) is 0 Å². The molecule has 1 aliphatic rings. The zero-order valence-electron chi connectivity index (χ0n) is 14.5. The molecular weight excluding hydrogens is 389 g/mol. The molecule has 8 heteroatoms. The molecule has 0 spiro atoms. The smallest absolute Gasteiger partial charge is 0.270 e. The Morgan fingerprint density at radius 1 is 1.19 bits per heavy atom. The lowest BCUT2D eigenvalue weighted by molar-refractivity contribution is -0.134. The number of benzene rings is 1. The van der Waals surface area contributed by atoms with Gasteiger partial charge in [0.1, 0.15) is 11.4 Å². The quantitative estimate of drug-likeness (QED) is 0.825. The van der Waals surface area contributed by atoms with Crippen molar-refractivity contribution in [2.75, 3.05) is 19.7 Å². The standard InChI is InChI=1S/C19H19Cl2N3O3/c20-13-4-5-17(15(21)11-13)27-12-18(25)24-9-6-14(7-10-24)23-19(26)16-3-1-2-8-22-16/h1-5,8,11,14H,6-7,9-10,12H2,(H,23,26). The van der Waals surface area contributed by atoms with Gasteiger partial charge in [-0.3, -0.25) is 14.6 Å². The molecule has 1 aliphatic heterocycles. The molecule has 0 aliphatic carbocycles. The average Bonchev–Trinajstić information content (AvgIpc) is 2.68. The molecule has 1 saturated heterocycles. The first-order valence-corrected chi connectivity index (χ1v) is 9.36. The third kappa shape index (κ3) is 5.34. The van der Waals surface area contributed by atoms with Crippen LogP contribution in [0.5, 0.6) is 5.75 Å². The van der Waals surface area contributed by atoms with Crippen molar-refractivity contribution >= 4 is 35.0 Å². The van der Waals surface area contributed by atoms with E-state index in [1.165, 1.54) is 0 Å². The van der Waals surface area contributed by atoms with Gasteiger partial charge >= 0.3 is 0 Å². The highest BCUT2D eigenvalue weighted by Gasteiger charge is 2.24. The van der Waals surface area contributed by atoms with Crippen molar-refractivity contribution in [2.45, 2.75) is 18.9 Å². The number of carbonyl (C=O) groups excluding carboxylic acids is 2. The number of carbonyl (C=O) groups is 2.